The molecule has 0 radical (unpaired) electrons. The minimum atomic E-state index is 0.0582. The lowest BCUT2D eigenvalue weighted by atomic mass is 10.0. The third kappa shape index (κ3) is 3.73. The van der Waals surface area contributed by atoms with Crippen LogP contribution in [0.1, 0.15) is 21.6 Å². The third-order valence-electron chi connectivity index (χ3n) is 6.55. The highest BCUT2D eigenvalue weighted by Crippen LogP contribution is 2.32. The van der Waals surface area contributed by atoms with E-state index in [1.807, 2.05) is 47.6 Å². The summed E-state index contributed by atoms with van der Waals surface area (Å²) in [5.41, 5.74) is 7.31. The van der Waals surface area contributed by atoms with Gasteiger partial charge in [-0.15, -0.1) is 0 Å². The first-order valence-corrected chi connectivity index (χ1v) is 11.5. The quantitative estimate of drug-likeness (QED) is 0.397. The van der Waals surface area contributed by atoms with Crippen LogP contribution in [0.3, 0.4) is 0 Å². The summed E-state index contributed by atoms with van der Waals surface area (Å²) in [5.74, 6) is 0.0582. The molecule has 0 atom stereocenters. The molecule has 3 heterocycles. The van der Waals surface area contributed by atoms with E-state index in [0.717, 1.165) is 45.5 Å². The number of carbonyl (C=O) groups is 1. The van der Waals surface area contributed by atoms with E-state index >= 15 is 0 Å². The van der Waals surface area contributed by atoms with Gasteiger partial charge in [0.05, 0.1) is 18.6 Å². The van der Waals surface area contributed by atoms with Crippen molar-refractivity contribution in [2.24, 2.45) is 0 Å². The molecule has 2 aromatic heterocycles. The number of H-pyrrole nitrogens is 2. The van der Waals surface area contributed by atoms with Gasteiger partial charge in [-0.3, -0.25) is 4.79 Å². The van der Waals surface area contributed by atoms with Gasteiger partial charge in [-0.25, -0.2) is 4.98 Å². The van der Waals surface area contributed by atoms with Crippen LogP contribution in [0.25, 0.3) is 22.0 Å². The van der Waals surface area contributed by atoms with Crippen molar-refractivity contribution < 1.29 is 4.79 Å². The van der Waals surface area contributed by atoms with Crippen molar-refractivity contribution in [2.75, 3.05) is 18.0 Å². The molecule has 1 aliphatic rings. The van der Waals surface area contributed by atoms with Gasteiger partial charge in [0.2, 0.25) is 0 Å². The molecule has 1 amide bonds. The number of aromatic nitrogens is 3. The number of nitrogens with zero attached hydrogens (tertiary/aromatic N) is 3. The molecule has 6 nitrogen and oxygen atoms in total. The maximum absolute atomic E-state index is 13.7. The van der Waals surface area contributed by atoms with Crippen molar-refractivity contribution in [1.82, 2.24) is 19.9 Å². The second kappa shape index (κ2) is 8.56. The number of amides is 1. The molecule has 6 rings (SSSR count). The van der Waals surface area contributed by atoms with Gasteiger partial charge in [0, 0.05) is 54.2 Å². The van der Waals surface area contributed by atoms with Crippen LogP contribution in [0.2, 0.25) is 0 Å². The fraction of sp³-hybridized carbons (Fsp3) is 0.143. The van der Waals surface area contributed by atoms with Crippen LogP contribution < -0.4 is 4.90 Å². The lowest BCUT2D eigenvalue weighted by Gasteiger charge is -2.24. The standard InChI is InChI=1S/C28H25N5O/c34-28(25-7-4-8-26-24(25)11-12-30-26)33-14-13-32(18-23-16-29-19-31-23)27-10-9-21(15-22(27)17-33)20-5-2-1-3-6-20/h1-12,15-16,19,30H,13-14,17-18H2,(H,29,31). The minimum Gasteiger partial charge on any atom is -0.364 e. The number of aromatic amines is 2. The molecule has 0 spiro atoms. The van der Waals surface area contributed by atoms with Crippen LogP contribution in [-0.2, 0) is 13.1 Å². The Hall–Kier alpha value is -4.32. The molecule has 0 fully saturated rings. The number of nitrogens with one attached hydrogen (secondary N) is 2. The first-order valence-electron chi connectivity index (χ1n) is 11.5. The van der Waals surface area contributed by atoms with Gasteiger partial charge in [-0.2, -0.15) is 0 Å². The number of benzene rings is 3. The summed E-state index contributed by atoms with van der Waals surface area (Å²) in [7, 11) is 0. The number of hydrogen-bond donors (Lipinski definition) is 2. The van der Waals surface area contributed by atoms with Crippen LogP contribution in [0, 0.1) is 0 Å². The van der Waals surface area contributed by atoms with E-state index in [1.54, 1.807) is 6.33 Å². The van der Waals surface area contributed by atoms with Gasteiger partial charge in [-0.05, 0) is 47.0 Å². The van der Waals surface area contributed by atoms with Gasteiger partial charge in [0.15, 0.2) is 0 Å². The molecule has 5 aromatic rings. The van der Waals surface area contributed by atoms with Crippen molar-refractivity contribution in [3.63, 3.8) is 0 Å². The van der Waals surface area contributed by atoms with Crippen molar-refractivity contribution in [1.29, 1.82) is 0 Å². The van der Waals surface area contributed by atoms with Crippen LogP contribution in [0.5, 0.6) is 0 Å². The van der Waals surface area contributed by atoms with Crippen LogP contribution in [-0.4, -0.2) is 38.8 Å². The lowest BCUT2D eigenvalue weighted by molar-refractivity contribution is 0.0753. The van der Waals surface area contributed by atoms with Gasteiger partial charge in [-0.1, -0.05) is 42.5 Å². The van der Waals surface area contributed by atoms with E-state index < -0.39 is 0 Å². The van der Waals surface area contributed by atoms with Crippen LogP contribution in [0.4, 0.5) is 5.69 Å². The molecule has 0 saturated carbocycles. The molecular weight excluding hydrogens is 422 g/mol. The summed E-state index contributed by atoms with van der Waals surface area (Å²) in [6, 6.07) is 24.8. The smallest absolute Gasteiger partial charge is 0.254 e. The van der Waals surface area contributed by atoms with Crippen molar-refractivity contribution in [3.8, 4) is 11.1 Å². The average Bonchev–Trinajstić information content (AvgIpc) is 3.54. The third-order valence-corrected chi connectivity index (χ3v) is 6.55. The molecule has 0 saturated heterocycles. The van der Waals surface area contributed by atoms with E-state index in [4.69, 9.17) is 0 Å². The van der Waals surface area contributed by atoms with Crippen molar-refractivity contribution in [2.45, 2.75) is 13.1 Å². The summed E-state index contributed by atoms with van der Waals surface area (Å²) < 4.78 is 0. The van der Waals surface area contributed by atoms with Gasteiger partial charge in [0.1, 0.15) is 0 Å². The van der Waals surface area contributed by atoms with E-state index in [9.17, 15) is 4.79 Å². The predicted octanol–water partition coefficient (Wildman–Crippen LogP) is 5.22. The molecule has 0 bridgehead atoms. The minimum absolute atomic E-state index is 0.0582. The summed E-state index contributed by atoms with van der Waals surface area (Å²) in [6.45, 7) is 2.63. The molecule has 6 heteroatoms. The topological polar surface area (TPSA) is 68.0 Å². The number of hydrogen-bond acceptors (Lipinski definition) is 3. The molecule has 0 unspecified atom stereocenters. The number of carbonyl (C=O) groups excluding carboxylic acids is 1. The second-order valence-electron chi connectivity index (χ2n) is 8.66. The molecule has 0 aliphatic carbocycles. The Morgan fingerprint density at radius 3 is 2.71 bits per heavy atom. The van der Waals surface area contributed by atoms with E-state index in [1.165, 1.54) is 5.56 Å². The van der Waals surface area contributed by atoms with Crippen LogP contribution in [0.15, 0.2) is 91.5 Å². The Labute approximate surface area is 197 Å². The largest absolute Gasteiger partial charge is 0.364 e. The lowest BCUT2D eigenvalue weighted by Crippen LogP contribution is -2.35. The monoisotopic (exact) mass is 447 g/mol. The summed E-state index contributed by atoms with van der Waals surface area (Å²) in [4.78, 5) is 28.7. The molecule has 3 aromatic carbocycles. The first kappa shape index (κ1) is 20.3. The van der Waals surface area contributed by atoms with Gasteiger partial charge >= 0.3 is 0 Å². The second-order valence-corrected chi connectivity index (χ2v) is 8.66. The summed E-state index contributed by atoms with van der Waals surface area (Å²) in [5, 5.41) is 0.961. The maximum atomic E-state index is 13.7. The average molecular weight is 448 g/mol. The maximum Gasteiger partial charge on any atom is 0.254 e. The molecule has 1 aliphatic heterocycles. The molecule has 168 valence electrons. The Kier molecular flexibility index (Phi) is 5.11. The van der Waals surface area contributed by atoms with E-state index in [0.29, 0.717) is 19.6 Å². The highest BCUT2D eigenvalue weighted by Gasteiger charge is 2.25. The van der Waals surface area contributed by atoms with E-state index in [-0.39, 0.29) is 5.91 Å². The van der Waals surface area contributed by atoms with Gasteiger partial charge < -0.3 is 19.8 Å². The fourth-order valence-electron chi connectivity index (χ4n) is 4.83. The number of rotatable bonds is 4. The Bertz CT molecular complexity index is 1440. The fourth-order valence-corrected chi connectivity index (χ4v) is 4.83. The Balaban J connectivity index is 1.39. The zero-order valence-corrected chi connectivity index (χ0v) is 18.7. The zero-order chi connectivity index (χ0) is 22.9. The molecule has 2 N–H and O–H groups in total. The number of anilines is 1. The highest BCUT2D eigenvalue weighted by molar-refractivity contribution is 6.06. The normalized spacial score (nSPS) is 13.6. The number of fused-ring (bicyclic) bond motifs is 2. The predicted molar refractivity (Wildman–Crippen MR) is 135 cm³/mol. The summed E-state index contributed by atoms with van der Waals surface area (Å²) in [6.07, 6.45) is 5.52. The Morgan fingerprint density at radius 2 is 1.85 bits per heavy atom. The SMILES string of the molecule is O=C(c1cccc2[nH]ccc12)N1CCN(Cc2c[nH]cn2)c2ccc(-c3ccccc3)cc2C1. The molecule has 34 heavy (non-hydrogen) atoms. The molecular formula is C28H25N5O. The Morgan fingerprint density at radius 1 is 0.941 bits per heavy atom. The van der Waals surface area contributed by atoms with Crippen LogP contribution >= 0.6 is 0 Å². The van der Waals surface area contributed by atoms with Crippen molar-refractivity contribution >= 4 is 22.5 Å². The summed E-state index contributed by atoms with van der Waals surface area (Å²) >= 11 is 0. The first-order chi connectivity index (χ1) is 16.8. The van der Waals surface area contributed by atoms with Crippen molar-refractivity contribution in [3.05, 3.63) is 108 Å². The van der Waals surface area contributed by atoms with E-state index in [2.05, 4.69) is 62.3 Å². The number of imidazole rings is 1. The zero-order valence-electron chi connectivity index (χ0n) is 18.7. The van der Waals surface area contributed by atoms with Gasteiger partial charge in [0.25, 0.3) is 5.91 Å². The highest BCUT2D eigenvalue weighted by atomic mass is 16.2.